The predicted molar refractivity (Wildman–Crippen MR) is 91.5 cm³/mol. The summed E-state index contributed by atoms with van der Waals surface area (Å²) >= 11 is 0. The third kappa shape index (κ3) is 4.31. The molecule has 1 saturated heterocycles. The molecule has 1 aliphatic heterocycles. The molecule has 3 rings (SSSR count). The minimum atomic E-state index is 0.233. The molecule has 1 N–H and O–H groups in total. The van der Waals surface area contributed by atoms with Crippen LogP contribution in [0.4, 0.5) is 5.95 Å². The van der Waals surface area contributed by atoms with Crippen LogP contribution in [0.25, 0.3) is 0 Å². The summed E-state index contributed by atoms with van der Waals surface area (Å²) in [6, 6.07) is 2.05. The topological polar surface area (TPSA) is 75.9 Å². The number of nitrogens with one attached hydrogen (secondary N) is 1. The molecule has 24 heavy (non-hydrogen) atoms. The highest BCUT2D eigenvalue weighted by Gasteiger charge is 2.28. The van der Waals surface area contributed by atoms with Gasteiger partial charge in [0.1, 0.15) is 0 Å². The third-order valence-electron chi connectivity index (χ3n) is 4.27. The minimum absolute atomic E-state index is 0.233. The number of nitrogens with zero attached hydrogens (tertiary/aromatic N) is 5. The van der Waals surface area contributed by atoms with Crippen molar-refractivity contribution < 1.29 is 4.79 Å². The quantitative estimate of drug-likeness (QED) is 0.785. The lowest BCUT2D eigenvalue weighted by molar-refractivity contribution is -0.132. The smallest absolute Gasteiger partial charge is 0.222 e. The van der Waals surface area contributed by atoms with Crippen LogP contribution in [-0.4, -0.2) is 49.7 Å². The Labute approximate surface area is 142 Å². The molecule has 7 heteroatoms. The van der Waals surface area contributed by atoms with Crippen molar-refractivity contribution >= 4 is 11.9 Å². The van der Waals surface area contributed by atoms with Gasteiger partial charge in [0.15, 0.2) is 0 Å². The number of hydrogen-bond acceptors (Lipinski definition) is 5. The average molecular weight is 328 g/mol. The molecule has 2 aromatic heterocycles. The Morgan fingerprint density at radius 2 is 2.21 bits per heavy atom. The number of anilines is 1. The van der Waals surface area contributed by atoms with Crippen LogP contribution in [0, 0.1) is 6.92 Å². The first-order valence-electron chi connectivity index (χ1n) is 8.52. The number of amides is 1. The van der Waals surface area contributed by atoms with E-state index in [1.54, 1.807) is 18.5 Å². The van der Waals surface area contributed by atoms with Crippen molar-refractivity contribution in [1.82, 2.24) is 24.6 Å². The molecular formula is C17H24N6O. The molecule has 0 radical (unpaired) electrons. The van der Waals surface area contributed by atoms with Crippen molar-refractivity contribution in [2.75, 3.05) is 18.4 Å². The summed E-state index contributed by atoms with van der Waals surface area (Å²) in [6.45, 7) is 4.38. The van der Waals surface area contributed by atoms with Crippen LogP contribution in [0.1, 0.15) is 31.2 Å². The van der Waals surface area contributed by atoms with Gasteiger partial charge in [-0.2, -0.15) is 5.10 Å². The molecule has 7 nitrogen and oxygen atoms in total. The summed E-state index contributed by atoms with van der Waals surface area (Å²) in [4.78, 5) is 22.7. The van der Waals surface area contributed by atoms with E-state index in [4.69, 9.17) is 0 Å². The fourth-order valence-corrected chi connectivity index (χ4v) is 3.11. The maximum absolute atomic E-state index is 12.5. The largest absolute Gasteiger partial charge is 0.354 e. The molecular weight excluding hydrogens is 304 g/mol. The molecule has 128 valence electrons. The van der Waals surface area contributed by atoms with Crippen LogP contribution in [0.5, 0.6) is 0 Å². The van der Waals surface area contributed by atoms with Gasteiger partial charge < -0.3 is 10.2 Å². The van der Waals surface area contributed by atoms with Crippen LogP contribution >= 0.6 is 0 Å². The highest BCUT2D eigenvalue weighted by atomic mass is 16.2. The molecule has 0 aromatic carbocycles. The van der Waals surface area contributed by atoms with Crippen LogP contribution in [-0.2, 0) is 11.3 Å². The third-order valence-corrected chi connectivity index (χ3v) is 4.27. The van der Waals surface area contributed by atoms with Crippen molar-refractivity contribution in [3.63, 3.8) is 0 Å². The minimum Gasteiger partial charge on any atom is -0.354 e. The van der Waals surface area contributed by atoms with Crippen molar-refractivity contribution in [2.45, 2.75) is 45.2 Å². The fraction of sp³-hybridized carbons (Fsp3) is 0.529. The second-order valence-corrected chi connectivity index (χ2v) is 6.23. The van der Waals surface area contributed by atoms with Crippen molar-refractivity contribution in [3.8, 4) is 0 Å². The Balaban J connectivity index is 1.43. The highest BCUT2D eigenvalue weighted by molar-refractivity contribution is 5.76. The molecule has 1 atom stereocenters. The van der Waals surface area contributed by atoms with Crippen LogP contribution in [0.2, 0.25) is 0 Å². The van der Waals surface area contributed by atoms with E-state index in [0.29, 0.717) is 18.9 Å². The lowest BCUT2D eigenvalue weighted by atomic mass is 10.2. The second-order valence-electron chi connectivity index (χ2n) is 6.23. The van der Waals surface area contributed by atoms with Crippen molar-refractivity contribution in [2.24, 2.45) is 0 Å². The normalized spacial score (nSPS) is 17.2. The lowest BCUT2D eigenvalue weighted by Crippen LogP contribution is -2.38. The number of aryl methyl sites for hydroxylation is 1. The Morgan fingerprint density at radius 3 is 2.96 bits per heavy atom. The number of aromatic nitrogens is 4. The Bertz CT molecular complexity index is 656. The van der Waals surface area contributed by atoms with Crippen LogP contribution in [0.3, 0.4) is 0 Å². The Morgan fingerprint density at radius 1 is 1.38 bits per heavy atom. The first-order valence-corrected chi connectivity index (χ1v) is 8.52. The van der Waals surface area contributed by atoms with Crippen LogP contribution in [0.15, 0.2) is 30.9 Å². The van der Waals surface area contributed by atoms with Gasteiger partial charge in [0.25, 0.3) is 0 Å². The zero-order chi connectivity index (χ0) is 16.8. The van der Waals surface area contributed by atoms with E-state index in [-0.39, 0.29) is 11.9 Å². The Kier molecular flexibility index (Phi) is 5.40. The summed E-state index contributed by atoms with van der Waals surface area (Å²) in [7, 11) is 0. The average Bonchev–Trinajstić information content (AvgIpc) is 3.22. The lowest BCUT2D eigenvalue weighted by Gasteiger charge is -2.24. The van der Waals surface area contributed by atoms with E-state index < -0.39 is 0 Å². The summed E-state index contributed by atoms with van der Waals surface area (Å²) in [5, 5.41) is 7.47. The van der Waals surface area contributed by atoms with Gasteiger partial charge in [0.2, 0.25) is 11.9 Å². The maximum Gasteiger partial charge on any atom is 0.222 e. The zero-order valence-electron chi connectivity index (χ0n) is 14.1. The first-order chi connectivity index (χ1) is 11.7. The monoisotopic (exact) mass is 328 g/mol. The number of carbonyl (C=O) groups is 1. The number of rotatable bonds is 7. The van der Waals surface area contributed by atoms with Gasteiger partial charge in [-0.1, -0.05) is 0 Å². The summed E-state index contributed by atoms with van der Waals surface area (Å²) in [5.74, 6) is 0.843. The van der Waals surface area contributed by atoms with E-state index in [0.717, 1.165) is 37.9 Å². The molecule has 0 aliphatic carbocycles. The van der Waals surface area contributed by atoms with E-state index in [9.17, 15) is 4.79 Å². The van der Waals surface area contributed by atoms with E-state index in [2.05, 4.69) is 20.4 Å². The predicted octanol–water partition coefficient (Wildman–Crippen LogP) is 1.86. The van der Waals surface area contributed by atoms with Crippen molar-refractivity contribution in [1.29, 1.82) is 0 Å². The van der Waals surface area contributed by atoms with Gasteiger partial charge >= 0.3 is 0 Å². The van der Waals surface area contributed by atoms with Gasteiger partial charge in [-0.05, 0) is 37.8 Å². The molecule has 1 fully saturated rings. The second kappa shape index (κ2) is 7.90. The SMILES string of the molecule is Cc1cnn(C[C@@H]2CCCN2C(=O)CCCNc2ncccn2)c1. The summed E-state index contributed by atoms with van der Waals surface area (Å²) in [6.07, 6.45) is 10.8. The molecule has 0 saturated carbocycles. The van der Waals surface area contributed by atoms with Gasteiger partial charge in [-0.15, -0.1) is 0 Å². The van der Waals surface area contributed by atoms with E-state index >= 15 is 0 Å². The first kappa shape index (κ1) is 16.4. The molecule has 0 spiro atoms. The summed E-state index contributed by atoms with van der Waals surface area (Å²) < 4.78 is 1.94. The molecule has 2 aromatic rings. The van der Waals surface area contributed by atoms with E-state index in [1.165, 1.54) is 0 Å². The van der Waals surface area contributed by atoms with Crippen LogP contribution < -0.4 is 5.32 Å². The van der Waals surface area contributed by atoms with Gasteiger partial charge in [-0.3, -0.25) is 9.48 Å². The van der Waals surface area contributed by atoms with Crippen molar-refractivity contribution in [3.05, 3.63) is 36.4 Å². The molecule has 0 unspecified atom stereocenters. The molecule has 3 heterocycles. The zero-order valence-corrected chi connectivity index (χ0v) is 14.1. The number of carbonyl (C=O) groups excluding carboxylic acids is 1. The Hall–Kier alpha value is -2.44. The summed E-state index contributed by atoms with van der Waals surface area (Å²) in [5.41, 5.74) is 1.15. The number of likely N-dealkylation sites (tertiary alicyclic amines) is 1. The van der Waals surface area contributed by atoms with Gasteiger partial charge in [-0.25, -0.2) is 9.97 Å². The van der Waals surface area contributed by atoms with Gasteiger partial charge in [0.05, 0.1) is 18.8 Å². The molecule has 1 aliphatic rings. The molecule has 1 amide bonds. The van der Waals surface area contributed by atoms with Gasteiger partial charge in [0, 0.05) is 38.1 Å². The molecule has 0 bridgehead atoms. The fourth-order valence-electron chi connectivity index (χ4n) is 3.11. The number of hydrogen-bond donors (Lipinski definition) is 1. The maximum atomic E-state index is 12.5. The van der Waals surface area contributed by atoms with E-state index in [1.807, 2.05) is 28.9 Å². The standard InChI is InChI=1S/C17H24N6O/c1-14-11-21-22(12-14)13-15-5-3-10-23(15)16(24)6-2-7-18-17-19-8-4-9-20-17/h4,8-9,11-12,15H,2-3,5-7,10,13H2,1H3,(H,18,19,20)/t15-/m0/s1. The highest BCUT2D eigenvalue weighted by Crippen LogP contribution is 2.20.